The maximum absolute atomic E-state index is 12.8. The molecule has 33 heavy (non-hydrogen) atoms. The third kappa shape index (κ3) is 7.41. The van der Waals surface area contributed by atoms with Gasteiger partial charge in [-0.05, 0) is 43.7 Å². The first-order valence-corrected chi connectivity index (χ1v) is 13.0. The van der Waals surface area contributed by atoms with Gasteiger partial charge in [-0.2, -0.15) is 0 Å². The number of imidazole rings is 1. The molecule has 0 radical (unpaired) electrons. The summed E-state index contributed by atoms with van der Waals surface area (Å²) in [5.74, 6) is 2.10. The number of piperazine rings is 1. The molecule has 2 saturated heterocycles. The maximum Gasteiger partial charge on any atom is 0.222 e. The lowest BCUT2D eigenvalue weighted by atomic mass is 9.93. The SMILES string of the molecule is CCCCc1ncc(CN2CCCC(CCC(=O)N3CCN(Cc4ccccc4)CC3)C2)[nH]1. The molecule has 4 rings (SSSR count). The van der Waals surface area contributed by atoms with Crippen LogP contribution in [-0.2, 0) is 24.3 Å². The summed E-state index contributed by atoms with van der Waals surface area (Å²) < 4.78 is 0. The summed E-state index contributed by atoms with van der Waals surface area (Å²) >= 11 is 0. The second kappa shape index (κ2) is 12.3. The highest BCUT2D eigenvalue weighted by Crippen LogP contribution is 2.23. The number of hydrogen-bond donors (Lipinski definition) is 1. The van der Waals surface area contributed by atoms with Crippen molar-refractivity contribution in [1.29, 1.82) is 0 Å². The van der Waals surface area contributed by atoms with Crippen molar-refractivity contribution in [1.82, 2.24) is 24.7 Å². The summed E-state index contributed by atoms with van der Waals surface area (Å²) in [4.78, 5) is 28.0. The summed E-state index contributed by atoms with van der Waals surface area (Å²) in [5.41, 5.74) is 2.58. The van der Waals surface area contributed by atoms with E-state index < -0.39 is 0 Å². The van der Waals surface area contributed by atoms with Crippen LogP contribution in [0.1, 0.15) is 62.5 Å². The average Bonchev–Trinajstić information content (AvgIpc) is 3.29. The number of H-pyrrole nitrogens is 1. The second-order valence-electron chi connectivity index (χ2n) is 9.88. The summed E-state index contributed by atoms with van der Waals surface area (Å²) in [6, 6.07) is 10.6. The van der Waals surface area contributed by atoms with E-state index in [0.29, 0.717) is 18.2 Å². The molecule has 0 saturated carbocycles. The van der Waals surface area contributed by atoms with Crippen molar-refractivity contribution in [3.63, 3.8) is 0 Å². The standard InChI is InChI=1S/C27H41N5O/c1-2-3-11-26-28-19-25(29-26)22-31-14-7-10-24(21-31)12-13-27(33)32-17-15-30(16-18-32)20-23-8-5-4-6-9-23/h4-6,8-9,19,24H,2-3,7,10-18,20-22H2,1H3,(H,28,29). The molecule has 0 aliphatic carbocycles. The fourth-order valence-electron chi connectivity index (χ4n) is 5.21. The summed E-state index contributed by atoms with van der Waals surface area (Å²) in [6.45, 7) is 10.1. The van der Waals surface area contributed by atoms with Crippen molar-refractivity contribution in [3.05, 3.63) is 53.6 Å². The molecule has 0 bridgehead atoms. The van der Waals surface area contributed by atoms with Crippen LogP contribution >= 0.6 is 0 Å². The molecule has 1 unspecified atom stereocenters. The van der Waals surface area contributed by atoms with E-state index in [0.717, 1.165) is 71.0 Å². The minimum atomic E-state index is 0.348. The number of likely N-dealkylation sites (tertiary alicyclic amines) is 1. The molecule has 3 heterocycles. The number of aromatic nitrogens is 2. The summed E-state index contributed by atoms with van der Waals surface area (Å²) in [7, 11) is 0. The number of carbonyl (C=O) groups excluding carboxylic acids is 1. The number of benzene rings is 1. The van der Waals surface area contributed by atoms with Crippen LogP contribution in [0.25, 0.3) is 0 Å². The Morgan fingerprint density at radius 2 is 1.88 bits per heavy atom. The van der Waals surface area contributed by atoms with Crippen molar-refractivity contribution < 1.29 is 4.79 Å². The van der Waals surface area contributed by atoms with Gasteiger partial charge in [0.15, 0.2) is 0 Å². The van der Waals surface area contributed by atoms with Crippen molar-refractivity contribution in [2.75, 3.05) is 39.3 Å². The van der Waals surface area contributed by atoms with E-state index in [4.69, 9.17) is 0 Å². The van der Waals surface area contributed by atoms with Gasteiger partial charge >= 0.3 is 0 Å². The monoisotopic (exact) mass is 451 g/mol. The van der Waals surface area contributed by atoms with Crippen LogP contribution in [0.4, 0.5) is 0 Å². The number of aromatic amines is 1. The number of nitrogens with one attached hydrogen (secondary N) is 1. The molecule has 2 aromatic rings. The normalized spacial score (nSPS) is 20.3. The number of aryl methyl sites for hydroxylation is 1. The molecule has 1 amide bonds. The molecule has 1 aromatic carbocycles. The average molecular weight is 452 g/mol. The fourth-order valence-corrected chi connectivity index (χ4v) is 5.21. The van der Waals surface area contributed by atoms with E-state index in [1.54, 1.807) is 0 Å². The first-order chi connectivity index (χ1) is 16.2. The first kappa shape index (κ1) is 24.0. The van der Waals surface area contributed by atoms with E-state index >= 15 is 0 Å². The van der Waals surface area contributed by atoms with Gasteiger partial charge in [0, 0.05) is 70.5 Å². The first-order valence-electron chi connectivity index (χ1n) is 13.0. The van der Waals surface area contributed by atoms with E-state index in [-0.39, 0.29) is 0 Å². The number of piperidine rings is 1. The number of hydrogen-bond acceptors (Lipinski definition) is 4. The molecule has 2 aliphatic rings. The molecule has 1 atom stereocenters. The number of nitrogens with zero attached hydrogens (tertiary/aromatic N) is 4. The maximum atomic E-state index is 12.8. The molecule has 2 aliphatic heterocycles. The van der Waals surface area contributed by atoms with Crippen molar-refractivity contribution in [2.24, 2.45) is 5.92 Å². The minimum absolute atomic E-state index is 0.348. The predicted molar refractivity (Wildman–Crippen MR) is 133 cm³/mol. The van der Waals surface area contributed by atoms with E-state index in [1.807, 2.05) is 6.20 Å². The predicted octanol–water partition coefficient (Wildman–Crippen LogP) is 4.09. The zero-order valence-electron chi connectivity index (χ0n) is 20.3. The van der Waals surface area contributed by atoms with Gasteiger partial charge in [0.25, 0.3) is 0 Å². The molecule has 180 valence electrons. The van der Waals surface area contributed by atoms with Gasteiger partial charge in [0.1, 0.15) is 5.82 Å². The molecule has 1 N–H and O–H groups in total. The Bertz CT molecular complexity index is 843. The van der Waals surface area contributed by atoms with Crippen molar-refractivity contribution >= 4 is 5.91 Å². The van der Waals surface area contributed by atoms with Crippen molar-refractivity contribution in [2.45, 2.75) is 65.0 Å². The van der Waals surface area contributed by atoms with Crippen LogP contribution in [0.2, 0.25) is 0 Å². The van der Waals surface area contributed by atoms with Crippen LogP contribution in [0.15, 0.2) is 36.5 Å². The zero-order chi connectivity index (χ0) is 22.9. The molecular formula is C27H41N5O. The van der Waals surface area contributed by atoms with Crippen LogP contribution in [0, 0.1) is 5.92 Å². The van der Waals surface area contributed by atoms with Gasteiger partial charge in [0.2, 0.25) is 5.91 Å². The zero-order valence-corrected chi connectivity index (χ0v) is 20.3. The third-order valence-corrected chi connectivity index (χ3v) is 7.19. The van der Waals surface area contributed by atoms with Crippen LogP contribution < -0.4 is 0 Å². The van der Waals surface area contributed by atoms with Crippen LogP contribution in [0.5, 0.6) is 0 Å². The third-order valence-electron chi connectivity index (χ3n) is 7.19. The minimum Gasteiger partial charge on any atom is -0.345 e. The molecule has 1 aromatic heterocycles. The number of rotatable bonds is 10. The highest BCUT2D eigenvalue weighted by atomic mass is 16.2. The van der Waals surface area contributed by atoms with Gasteiger partial charge in [-0.1, -0.05) is 43.7 Å². The largest absolute Gasteiger partial charge is 0.345 e. The lowest BCUT2D eigenvalue weighted by Crippen LogP contribution is -2.48. The molecular weight excluding hydrogens is 410 g/mol. The van der Waals surface area contributed by atoms with Gasteiger partial charge in [-0.3, -0.25) is 14.6 Å². The summed E-state index contributed by atoms with van der Waals surface area (Å²) in [6.07, 6.45) is 9.64. The topological polar surface area (TPSA) is 55.5 Å². The Morgan fingerprint density at radius 1 is 1.06 bits per heavy atom. The van der Waals surface area contributed by atoms with Crippen LogP contribution in [-0.4, -0.2) is 69.8 Å². The van der Waals surface area contributed by atoms with Gasteiger partial charge in [-0.15, -0.1) is 0 Å². The second-order valence-corrected chi connectivity index (χ2v) is 9.88. The molecule has 6 heteroatoms. The number of unbranched alkanes of at least 4 members (excludes halogenated alkanes) is 1. The van der Waals surface area contributed by atoms with E-state index in [1.165, 1.54) is 36.9 Å². The Balaban J connectivity index is 1.15. The van der Waals surface area contributed by atoms with Crippen LogP contribution in [0.3, 0.4) is 0 Å². The van der Waals surface area contributed by atoms with Gasteiger partial charge in [0.05, 0.1) is 0 Å². The smallest absolute Gasteiger partial charge is 0.222 e. The summed E-state index contributed by atoms with van der Waals surface area (Å²) in [5, 5.41) is 0. The number of amides is 1. The Hall–Kier alpha value is -2.18. The molecule has 0 spiro atoms. The van der Waals surface area contributed by atoms with E-state index in [2.05, 4.69) is 61.9 Å². The fraction of sp³-hybridized carbons (Fsp3) is 0.630. The van der Waals surface area contributed by atoms with Gasteiger partial charge in [-0.25, -0.2) is 4.98 Å². The Kier molecular flexibility index (Phi) is 8.95. The lowest BCUT2D eigenvalue weighted by Gasteiger charge is -2.36. The van der Waals surface area contributed by atoms with Gasteiger partial charge < -0.3 is 9.88 Å². The molecule has 6 nitrogen and oxygen atoms in total. The Labute approximate surface area is 199 Å². The quantitative estimate of drug-likeness (QED) is 0.591. The Morgan fingerprint density at radius 3 is 2.67 bits per heavy atom. The number of carbonyl (C=O) groups is 1. The van der Waals surface area contributed by atoms with E-state index in [9.17, 15) is 4.79 Å². The van der Waals surface area contributed by atoms with Crippen molar-refractivity contribution in [3.8, 4) is 0 Å². The highest BCUT2D eigenvalue weighted by molar-refractivity contribution is 5.76. The molecule has 2 fully saturated rings. The highest BCUT2D eigenvalue weighted by Gasteiger charge is 2.24. The lowest BCUT2D eigenvalue weighted by molar-refractivity contribution is -0.133.